The van der Waals surface area contributed by atoms with E-state index in [1.54, 1.807) is 18.7 Å². The summed E-state index contributed by atoms with van der Waals surface area (Å²) in [6.45, 7) is 5.82. The van der Waals surface area contributed by atoms with E-state index in [4.69, 9.17) is 10.5 Å². The molecule has 5 nitrogen and oxygen atoms in total. The van der Waals surface area contributed by atoms with Gasteiger partial charge in [0.15, 0.2) is 0 Å². The van der Waals surface area contributed by atoms with Gasteiger partial charge >= 0.3 is 5.97 Å². The maximum Gasteiger partial charge on any atom is 0.322 e. The Labute approximate surface area is 132 Å². The van der Waals surface area contributed by atoms with E-state index >= 15 is 0 Å². The lowest BCUT2D eigenvalue weighted by Crippen LogP contribution is -2.37. The fourth-order valence-corrected chi connectivity index (χ4v) is 3.39. The molecule has 1 heterocycles. The zero-order chi connectivity index (χ0) is 15.7. The summed E-state index contributed by atoms with van der Waals surface area (Å²) in [4.78, 5) is 25.7. The fourth-order valence-electron chi connectivity index (χ4n) is 2.36. The molecule has 21 heavy (non-hydrogen) atoms. The molecule has 0 aromatic heterocycles. The molecule has 0 saturated carbocycles. The monoisotopic (exact) mass is 316 g/mol. The lowest BCUT2D eigenvalue weighted by Gasteiger charge is -2.24. The van der Waals surface area contributed by atoms with Crippen LogP contribution in [0.25, 0.3) is 0 Å². The first-order valence-corrected chi connectivity index (χ1v) is 8.93. The molecule has 1 amide bonds. The molecule has 2 atom stereocenters. The van der Waals surface area contributed by atoms with Crippen molar-refractivity contribution in [3.63, 3.8) is 0 Å². The predicted octanol–water partition coefficient (Wildman–Crippen LogP) is 1.79. The number of carbonyl (C=O) groups is 2. The first-order chi connectivity index (χ1) is 10.1. The summed E-state index contributed by atoms with van der Waals surface area (Å²) >= 11 is 1.57. The Morgan fingerprint density at radius 1 is 1.24 bits per heavy atom. The van der Waals surface area contributed by atoms with Crippen molar-refractivity contribution in [2.24, 2.45) is 5.73 Å². The average Bonchev–Trinajstić information content (AvgIpc) is 2.75. The van der Waals surface area contributed by atoms with Gasteiger partial charge in [-0.3, -0.25) is 9.59 Å². The molecule has 1 aliphatic heterocycles. The molecule has 0 aromatic carbocycles. The number of ether oxygens (including phenoxy) is 1. The highest BCUT2D eigenvalue weighted by Crippen LogP contribution is 2.18. The maximum absolute atomic E-state index is 12.3. The highest BCUT2D eigenvalue weighted by molar-refractivity contribution is 8.00. The lowest BCUT2D eigenvalue weighted by molar-refractivity contribution is -0.144. The minimum Gasteiger partial charge on any atom is -0.465 e. The van der Waals surface area contributed by atoms with Crippen molar-refractivity contribution in [2.45, 2.75) is 57.2 Å². The Balaban J connectivity index is 2.27. The largest absolute Gasteiger partial charge is 0.465 e. The Morgan fingerprint density at radius 2 is 1.86 bits per heavy atom. The number of thioether (sulfide) groups is 1. The van der Waals surface area contributed by atoms with E-state index in [2.05, 4.69) is 0 Å². The van der Waals surface area contributed by atoms with Crippen LogP contribution in [0.5, 0.6) is 0 Å². The van der Waals surface area contributed by atoms with Crippen LogP contribution in [0.4, 0.5) is 0 Å². The van der Waals surface area contributed by atoms with E-state index in [1.807, 2.05) is 11.8 Å². The first kappa shape index (κ1) is 18.3. The van der Waals surface area contributed by atoms with Crippen LogP contribution in [-0.2, 0) is 14.3 Å². The number of carbonyl (C=O) groups excluding carboxylic acids is 2. The van der Waals surface area contributed by atoms with Gasteiger partial charge in [-0.15, -0.1) is 11.8 Å². The molecule has 1 fully saturated rings. The van der Waals surface area contributed by atoms with Gasteiger partial charge < -0.3 is 15.4 Å². The van der Waals surface area contributed by atoms with Crippen molar-refractivity contribution in [3.05, 3.63) is 0 Å². The van der Waals surface area contributed by atoms with Gasteiger partial charge in [0.25, 0.3) is 0 Å². The summed E-state index contributed by atoms with van der Waals surface area (Å²) < 4.78 is 4.87. The Kier molecular flexibility index (Phi) is 8.76. The summed E-state index contributed by atoms with van der Waals surface area (Å²) in [7, 11) is 0. The molecule has 2 unspecified atom stereocenters. The van der Waals surface area contributed by atoms with Crippen LogP contribution >= 0.6 is 11.8 Å². The number of amides is 1. The molecule has 2 N–H and O–H groups in total. The quantitative estimate of drug-likeness (QED) is 0.725. The van der Waals surface area contributed by atoms with Gasteiger partial charge in [-0.2, -0.15) is 0 Å². The third-order valence-corrected chi connectivity index (χ3v) is 4.82. The lowest BCUT2D eigenvalue weighted by atomic mass is 10.2. The van der Waals surface area contributed by atoms with Crippen LogP contribution in [0.3, 0.4) is 0 Å². The van der Waals surface area contributed by atoms with E-state index in [0.717, 1.165) is 25.9 Å². The van der Waals surface area contributed by atoms with E-state index < -0.39 is 6.04 Å². The number of hydrogen-bond donors (Lipinski definition) is 1. The van der Waals surface area contributed by atoms with E-state index in [1.165, 1.54) is 12.8 Å². The van der Waals surface area contributed by atoms with Crippen LogP contribution in [0.2, 0.25) is 0 Å². The van der Waals surface area contributed by atoms with Crippen LogP contribution in [0.1, 0.15) is 46.0 Å². The zero-order valence-electron chi connectivity index (χ0n) is 13.2. The molecule has 1 saturated heterocycles. The predicted molar refractivity (Wildman–Crippen MR) is 86.2 cm³/mol. The zero-order valence-corrected chi connectivity index (χ0v) is 14.0. The maximum atomic E-state index is 12.3. The molecule has 1 aliphatic rings. The van der Waals surface area contributed by atoms with Gasteiger partial charge in [-0.25, -0.2) is 0 Å². The van der Waals surface area contributed by atoms with E-state index in [-0.39, 0.29) is 17.1 Å². The van der Waals surface area contributed by atoms with Gasteiger partial charge in [-0.1, -0.05) is 12.8 Å². The second-order valence-electron chi connectivity index (χ2n) is 5.40. The number of rotatable bonds is 7. The van der Waals surface area contributed by atoms with E-state index in [0.29, 0.717) is 18.8 Å². The molecular formula is C15H28N2O3S. The molecule has 1 rings (SSSR count). The Bertz CT molecular complexity index is 331. The van der Waals surface area contributed by atoms with Crippen LogP contribution < -0.4 is 5.73 Å². The summed E-state index contributed by atoms with van der Waals surface area (Å²) in [5, 5.41) is -0.0718. The first-order valence-electron chi connectivity index (χ1n) is 7.88. The van der Waals surface area contributed by atoms with Gasteiger partial charge in [-0.05, 0) is 38.9 Å². The third kappa shape index (κ3) is 6.70. The minimum atomic E-state index is -0.585. The molecule has 0 radical (unpaired) electrons. The van der Waals surface area contributed by atoms with Crippen LogP contribution in [0, 0.1) is 0 Å². The normalized spacial score (nSPS) is 18.7. The molecule has 0 spiro atoms. The van der Waals surface area contributed by atoms with Crippen molar-refractivity contribution in [1.82, 2.24) is 4.90 Å². The standard InChI is InChI=1S/C15H28N2O3S/c1-3-20-15(19)13(16)8-11-21-12(2)14(18)17-9-6-4-5-7-10-17/h12-13H,3-11,16H2,1-2H3. The summed E-state index contributed by atoms with van der Waals surface area (Å²) in [6.07, 6.45) is 5.20. The summed E-state index contributed by atoms with van der Waals surface area (Å²) in [6, 6.07) is -0.585. The van der Waals surface area contributed by atoms with Crippen molar-refractivity contribution >= 4 is 23.6 Å². The molecule has 0 aliphatic carbocycles. The molecule has 0 bridgehead atoms. The van der Waals surface area contributed by atoms with Gasteiger partial charge in [0.1, 0.15) is 6.04 Å². The number of nitrogens with zero attached hydrogens (tertiary/aromatic N) is 1. The number of likely N-dealkylation sites (tertiary alicyclic amines) is 1. The Hall–Kier alpha value is -0.750. The van der Waals surface area contributed by atoms with Gasteiger partial charge in [0.05, 0.1) is 11.9 Å². The van der Waals surface area contributed by atoms with Gasteiger partial charge in [0, 0.05) is 13.1 Å². The molecule has 122 valence electrons. The summed E-state index contributed by atoms with van der Waals surface area (Å²) in [5.41, 5.74) is 5.75. The number of esters is 1. The van der Waals surface area contributed by atoms with Crippen molar-refractivity contribution < 1.29 is 14.3 Å². The van der Waals surface area contributed by atoms with Crippen LogP contribution in [-0.4, -0.2) is 53.5 Å². The smallest absolute Gasteiger partial charge is 0.322 e. The van der Waals surface area contributed by atoms with Crippen LogP contribution in [0.15, 0.2) is 0 Å². The molecule has 0 aromatic rings. The van der Waals surface area contributed by atoms with Gasteiger partial charge in [0.2, 0.25) is 5.91 Å². The SMILES string of the molecule is CCOC(=O)C(N)CCSC(C)C(=O)N1CCCCCC1. The fraction of sp³-hybridized carbons (Fsp3) is 0.867. The topological polar surface area (TPSA) is 72.6 Å². The highest BCUT2D eigenvalue weighted by Gasteiger charge is 2.22. The molecular weight excluding hydrogens is 288 g/mol. The van der Waals surface area contributed by atoms with Crippen molar-refractivity contribution in [2.75, 3.05) is 25.4 Å². The minimum absolute atomic E-state index is 0.0718. The Morgan fingerprint density at radius 3 is 2.43 bits per heavy atom. The second kappa shape index (κ2) is 10.1. The van der Waals surface area contributed by atoms with Crippen molar-refractivity contribution in [1.29, 1.82) is 0 Å². The van der Waals surface area contributed by atoms with Crippen molar-refractivity contribution in [3.8, 4) is 0 Å². The molecule has 6 heteroatoms. The number of nitrogens with two attached hydrogens (primary N) is 1. The second-order valence-corrected chi connectivity index (χ2v) is 6.85. The summed E-state index contributed by atoms with van der Waals surface area (Å²) in [5.74, 6) is 0.553. The highest BCUT2D eigenvalue weighted by atomic mass is 32.2. The number of hydrogen-bond acceptors (Lipinski definition) is 5. The van der Waals surface area contributed by atoms with E-state index in [9.17, 15) is 9.59 Å². The average molecular weight is 316 g/mol. The third-order valence-electron chi connectivity index (χ3n) is 3.65.